The van der Waals surface area contributed by atoms with E-state index in [-0.39, 0.29) is 11.8 Å². The Morgan fingerprint density at radius 2 is 1.75 bits per heavy atom. The zero-order valence-electron chi connectivity index (χ0n) is 17.2. The van der Waals surface area contributed by atoms with Crippen LogP contribution in [0.5, 0.6) is 0 Å². The van der Waals surface area contributed by atoms with Crippen LogP contribution in [0.2, 0.25) is 0 Å². The van der Waals surface area contributed by atoms with Crippen molar-refractivity contribution >= 4 is 28.8 Å². The van der Waals surface area contributed by atoms with Crippen LogP contribution in [-0.4, -0.2) is 11.8 Å². The molecular weight excluding hydrogens is 424 g/mol. The molecule has 2 amide bonds. The summed E-state index contributed by atoms with van der Waals surface area (Å²) in [5.41, 5.74) is 2.85. The van der Waals surface area contributed by atoms with Crippen molar-refractivity contribution in [2.75, 3.05) is 5.32 Å². The molecule has 0 radical (unpaired) electrons. The van der Waals surface area contributed by atoms with Gasteiger partial charge in [-0.2, -0.15) is 0 Å². The standard InChI is InChI=1S/C25H22N2O4S/c28-24(21-9-1-2-10-22(21)27-25(29)23-11-5-13-32-23)26-15-18-6-3-7-19(14-18)16-30-17-20-8-4-12-31-20/h1-14H,15-17H2,(H,26,28)(H,27,29). The number of ether oxygens (including phenoxy) is 1. The lowest BCUT2D eigenvalue weighted by Gasteiger charge is -2.12. The second-order valence-electron chi connectivity index (χ2n) is 7.05. The molecule has 4 rings (SSSR count). The maximum atomic E-state index is 12.8. The minimum absolute atomic E-state index is 0.234. The first-order valence-corrected chi connectivity index (χ1v) is 11.0. The van der Waals surface area contributed by atoms with Crippen LogP contribution >= 0.6 is 11.3 Å². The van der Waals surface area contributed by atoms with Gasteiger partial charge in [0.05, 0.1) is 29.0 Å². The molecule has 32 heavy (non-hydrogen) atoms. The van der Waals surface area contributed by atoms with Gasteiger partial charge in [0.1, 0.15) is 12.4 Å². The fourth-order valence-electron chi connectivity index (χ4n) is 3.15. The monoisotopic (exact) mass is 446 g/mol. The largest absolute Gasteiger partial charge is 0.467 e. The Morgan fingerprint density at radius 3 is 2.56 bits per heavy atom. The molecule has 0 aliphatic rings. The molecule has 0 bridgehead atoms. The highest BCUT2D eigenvalue weighted by Crippen LogP contribution is 2.18. The first-order valence-electron chi connectivity index (χ1n) is 10.1. The van der Waals surface area contributed by atoms with Crippen molar-refractivity contribution in [3.05, 3.63) is 112 Å². The third kappa shape index (κ3) is 5.72. The molecule has 0 aliphatic heterocycles. The Bertz CT molecular complexity index is 1170. The highest BCUT2D eigenvalue weighted by molar-refractivity contribution is 7.12. The Hall–Kier alpha value is -3.68. The number of amides is 2. The molecule has 0 atom stereocenters. The summed E-state index contributed by atoms with van der Waals surface area (Å²) in [4.78, 5) is 25.8. The van der Waals surface area contributed by atoms with Crippen molar-refractivity contribution in [3.63, 3.8) is 0 Å². The molecule has 0 aliphatic carbocycles. The van der Waals surface area contributed by atoms with Gasteiger partial charge in [0.2, 0.25) is 0 Å². The van der Waals surface area contributed by atoms with E-state index >= 15 is 0 Å². The van der Waals surface area contributed by atoms with E-state index < -0.39 is 0 Å². The topological polar surface area (TPSA) is 80.6 Å². The van der Waals surface area contributed by atoms with E-state index in [0.717, 1.165) is 16.9 Å². The lowest BCUT2D eigenvalue weighted by atomic mass is 10.1. The summed E-state index contributed by atoms with van der Waals surface area (Å²) in [5.74, 6) is 0.285. The number of thiophene rings is 1. The van der Waals surface area contributed by atoms with Gasteiger partial charge in [0.25, 0.3) is 11.8 Å². The molecular formula is C25H22N2O4S. The van der Waals surface area contributed by atoms with Crippen LogP contribution < -0.4 is 10.6 Å². The van der Waals surface area contributed by atoms with E-state index in [1.54, 1.807) is 36.6 Å². The first kappa shape index (κ1) is 21.5. The van der Waals surface area contributed by atoms with Crippen molar-refractivity contribution in [2.24, 2.45) is 0 Å². The van der Waals surface area contributed by atoms with E-state index in [2.05, 4.69) is 10.6 Å². The number of nitrogens with one attached hydrogen (secondary N) is 2. The minimum Gasteiger partial charge on any atom is -0.467 e. The van der Waals surface area contributed by atoms with E-state index in [4.69, 9.17) is 9.15 Å². The molecule has 0 fully saturated rings. The van der Waals surface area contributed by atoms with E-state index in [1.807, 2.05) is 47.8 Å². The quantitative estimate of drug-likeness (QED) is 0.368. The summed E-state index contributed by atoms with van der Waals surface area (Å²) in [6, 6.07) is 22.1. The number of para-hydroxylation sites is 1. The lowest BCUT2D eigenvalue weighted by molar-refractivity contribution is 0.0928. The van der Waals surface area contributed by atoms with E-state index in [9.17, 15) is 9.59 Å². The molecule has 162 valence electrons. The number of benzene rings is 2. The zero-order valence-corrected chi connectivity index (χ0v) is 18.1. The van der Waals surface area contributed by atoms with Crippen LogP contribution in [0.4, 0.5) is 5.69 Å². The summed E-state index contributed by atoms with van der Waals surface area (Å²) in [7, 11) is 0. The maximum absolute atomic E-state index is 12.8. The van der Waals surface area contributed by atoms with Gasteiger partial charge in [-0.25, -0.2) is 0 Å². The minimum atomic E-state index is -0.258. The average molecular weight is 447 g/mol. The summed E-state index contributed by atoms with van der Waals surface area (Å²) in [6.07, 6.45) is 1.62. The van der Waals surface area contributed by atoms with E-state index in [0.29, 0.717) is 35.9 Å². The fourth-order valence-corrected chi connectivity index (χ4v) is 3.77. The number of carbonyl (C=O) groups is 2. The Balaban J connectivity index is 1.34. The molecule has 2 heterocycles. The van der Waals surface area contributed by atoms with Crippen LogP contribution in [0.1, 0.15) is 36.9 Å². The van der Waals surface area contributed by atoms with Crippen molar-refractivity contribution in [2.45, 2.75) is 19.8 Å². The van der Waals surface area contributed by atoms with Crippen molar-refractivity contribution in [3.8, 4) is 0 Å². The van der Waals surface area contributed by atoms with Crippen LogP contribution in [0.15, 0.2) is 88.9 Å². The SMILES string of the molecule is O=C(Nc1ccccc1C(=O)NCc1cccc(COCc2ccco2)c1)c1cccs1. The molecule has 2 aromatic heterocycles. The van der Waals surface area contributed by atoms with Gasteiger partial charge in [0.15, 0.2) is 0 Å². The molecule has 0 saturated carbocycles. The molecule has 6 nitrogen and oxygen atoms in total. The summed E-state index contributed by atoms with van der Waals surface area (Å²) in [6.45, 7) is 1.21. The van der Waals surface area contributed by atoms with E-state index in [1.165, 1.54) is 11.3 Å². The van der Waals surface area contributed by atoms with Crippen molar-refractivity contribution < 1.29 is 18.7 Å². The first-order chi connectivity index (χ1) is 15.7. The van der Waals surface area contributed by atoms with Gasteiger partial charge in [-0.05, 0) is 46.8 Å². The van der Waals surface area contributed by atoms with Gasteiger partial charge >= 0.3 is 0 Å². The summed E-state index contributed by atoms with van der Waals surface area (Å²) in [5, 5.41) is 7.59. The smallest absolute Gasteiger partial charge is 0.265 e. The number of anilines is 1. The third-order valence-electron chi connectivity index (χ3n) is 4.70. The zero-order chi connectivity index (χ0) is 22.2. The molecule has 0 saturated heterocycles. The average Bonchev–Trinajstić information content (AvgIpc) is 3.53. The van der Waals surface area contributed by atoms with Crippen LogP contribution in [-0.2, 0) is 24.5 Å². The molecule has 7 heteroatoms. The predicted molar refractivity (Wildman–Crippen MR) is 124 cm³/mol. The molecule has 2 N–H and O–H groups in total. The maximum Gasteiger partial charge on any atom is 0.265 e. The van der Waals surface area contributed by atoms with Gasteiger partial charge in [-0.3, -0.25) is 9.59 Å². The lowest BCUT2D eigenvalue weighted by Crippen LogP contribution is -2.24. The number of furan rings is 1. The third-order valence-corrected chi connectivity index (χ3v) is 5.57. The van der Waals surface area contributed by atoms with Crippen molar-refractivity contribution in [1.82, 2.24) is 5.32 Å². The number of rotatable bonds is 9. The van der Waals surface area contributed by atoms with Gasteiger partial charge in [-0.1, -0.05) is 42.5 Å². The van der Waals surface area contributed by atoms with Gasteiger partial charge in [0, 0.05) is 6.54 Å². The number of carbonyl (C=O) groups excluding carboxylic acids is 2. The second-order valence-corrected chi connectivity index (χ2v) is 8.00. The Morgan fingerprint density at radius 1 is 0.875 bits per heavy atom. The van der Waals surface area contributed by atoms with Crippen LogP contribution in [0, 0.1) is 0 Å². The molecule has 0 unspecified atom stereocenters. The van der Waals surface area contributed by atoms with Crippen LogP contribution in [0.3, 0.4) is 0 Å². The molecule has 0 spiro atoms. The summed E-state index contributed by atoms with van der Waals surface area (Å²) < 4.78 is 10.9. The molecule has 2 aromatic carbocycles. The number of hydrogen-bond donors (Lipinski definition) is 2. The van der Waals surface area contributed by atoms with Crippen LogP contribution in [0.25, 0.3) is 0 Å². The van der Waals surface area contributed by atoms with Gasteiger partial charge < -0.3 is 19.8 Å². The normalized spacial score (nSPS) is 10.6. The Kier molecular flexibility index (Phi) is 7.12. The number of hydrogen-bond acceptors (Lipinski definition) is 5. The Labute approximate surface area is 189 Å². The molecule has 4 aromatic rings. The second kappa shape index (κ2) is 10.6. The van der Waals surface area contributed by atoms with Gasteiger partial charge in [-0.15, -0.1) is 11.3 Å². The summed E-state index contributed by atoms with van der Waals surface area (Å²) >= 11 is 1.35. The highest BCUT2D eigenvalue weighted by Gasteiger charge is 2.14. The predicted octanol–water partition coefficient (Wildman–Crippen LogP) is 5.24. The highest BCUT2D eigenvalue weighted by atomic mass is 32.1. The fraction of sp³-hybridized carbons (Fsp3) is 0.120. The van der Waals surface area contributed by atoms with Crippen molar-refractivity contribution in [1.29, 1.82) is 0 Å².